The van der Waals surface area contributed by atoms with Crippen LogP contribution in [-0.2, 0) is 16.1 Å². The second kappa shape index (κ2) is 4.11. The number of rotatable bonds is 1. The third-order valence-corrected chi connectivity index (χ3v) is 3.52. The molecular formula is C12H12N4O3. The first-order chi connectivity index (χ1) is 9.08. The van der Waals surface area contributed by atoms with E-state index >= 15 is 0 Å². The van der Waals surface area contributed by atoms with E-state index in [1.807, 2.05) is 0 Å². The van der Waals surface area contributed by atoms with E-state index in [1.54, 1.807) is 13.0 Å². The summed E-state index contributed by atoms with van der Waals surface area (Å²) in [6, 6.07) is 1.09. The van der Waals surface area contributed by atoms with Gasteiger partial charge in [0.2, 0.25) is 11.8 Å². The molecule has 19 heavy (non-hydrogen) atoms. The summed E-state index contributed by atoms with van der Waals surface area (Å²) in [5.74, 6) is -1.22. The molecule has 0 saturated carbocycles. The van der Waals surface area contributed by atoms with Crippen molar-refractivity contribution in [3.05, 3.63) is 23.5 Å². The highest BCUT2D eigenvalue weighted by atomic mass is 16.2. The number of aromatic nitrogens is 2. The molecule has 3 rings (SSSR count). The Labute approximate surface area is 109 Å². The molecule has 0 radical (unpaired) electrons. The Kier molecular flexibility index (Phi) is 2.55. The Bertz CT molecular complexity index is 586. The first kappa shape index (κ1) is 11.8. The number of nitrogens with zero attached hydrogens (tertiary/aromatic N) is 3. The molecule has 2 aliphatic heterocycles. The minimum Gasteiger partial charge on any atom is -0.320 e. The number of imide groups is 1. The molecule has 7 heteroatoms. The number of nitrogens with one attached hydrogen (secondary N) is 1. The summed E-state index contributed by atoms with van der Waals surface area (Å²) in [6.45, 7) is 2.13. The first-order valence-electron chi connectivity index (χ1n) is 6.03. The van der Waals surface area contributed by atoms with E-state index < -0.39 is 11.9 Å². The van der Waals surface area contributed by atoms with E-state index in [9.17, 15) is 14.4 Å². The van der Waals surface area contributed by atoms with Gasteiger partial charge in [0.15, 0.2) is 5.69 Å². The van der Waals surface area contributed by atoms with Crippen molar-refractivity contribution >= 4 is 17.7 Å². The van der Waals surface area contributed by atoms with Crippen molar-refractivity contribution in [2.45, 2.75) is 25.9 Å². The number of carbonyl (C=O) groups excluding carboxylic acids is 3. The molecule has 3 amide bonds. The maximum absolute atomic E-state index is 12.2. The van der Waals surface area contributed by atoms with Gasteiger partial charge in [-0.2, -0.15) is 5.10 Å². The summed E-state index contributed by atoms with van der Waals surface area (Å²) >= 11 is 0. The molecule has 0 aromatic carbocycles. The first-order valence-corrected chi connectivity index (χ1v) is 6.03. The minimum atomic E-state index is -0.626. The minimum absolute atomic E-state index is 0.201. The van der Waals surface area contributed by atoms with Gasteiger partial charge < -0.3 is 4.90 Å². The van der Waals surface area contributed by atoms with Crippen molar-refractivity contribution in [1.82, 2.24) is 20.4 Å². The molecule has 1 fully saturated rings. The second-order valence-electron chi connectivity index (χ2n) is 4.88. The van der Waals surface area contributed by atoms with Crippen molar-refractivity contribution in [2.24, 2.45) is 5.92 Å². The van der Waals surface area contributed by atoms with Gasteiger partial charge in [-0.05, 0) is 12.0 Å². The Morgan fingerprint density at radius 1 is 1.37 bits per heavy atom. The van der Waals surface area contributed by atoms with Crippen LogP contribution in [0.4, 0.5) is 0 Å². The lowest BCUT2D eigenvalue weighted by Gasteiger charge is -2.34. The summed E-state index contributed by atoms with van der Waals surface area (Å²) in [5, 5.41) is 9.77. The monoisotopic (exact) mass is 260 g/mol. The van der Waals surface area contributed by atoms with E-state index in [1.165, 1.54) is 11.1 Å². The molecule has 1 aromatic heterocycles. The van der Waals surface area contributed by atoms with Crippen LogP contribution >= 0.6 is 0 Å². The van der Waals surface area contributed by atoms with Crippen LogP contribution in [0.15, 0.2) is 12.3 Å². The van der Waals surface area contributed by atoms with Crippen LogP contribution in [0.1, 0.15) is 29.4 Å². The van der Waals surface area contributed by atoms with E-state index in [0.29, 0.717) is 12.2 Å². The van der Waals surface area contributed by atoms with Gasteiger partial charge in [0.05, 0.1) is 0 Å². The fourth-order valence-electron chi connectivity index (χ4n) is 2.65. The lowest BCUT2D eigenvalue weighted by molar-refractivity contribution is -0.139. The molecule has 1 N–H and O–H groups in total. The molecule has 2 aliphatic rings. The van der Waals surface area contributed by atoms with Gasteiger partial charge in [-0.3, -0.25) is 19.7 Å². The van der Waals surface area contributed by atoms with E-state index in [0.717, 1.165) is 5.56 Å². The van der Waals surface area contributed by atoms with Crippen LogP contribution in [-0.4, -0.2) is 38.9 Å². The molecule has 0 spiro atoms. The Morgan fingerprint density at radius 2 is 2.16 bits per heavy atom. The van der Waals surface area contributed by atoms with E-state index in [2.05, 4.69) is 15.5 Å². The van der Waals surface area contributed by atoms with Crippen LogP contribution < -0.4 is 5.32 Å². The molecule has 1 saturated heterocycles. The lowest BCUT2D eigenvalue weighted by atomic mass is 9.92. The van der Waals surface area contributed by atoms with E-state index in [-0.39, 0.29) is 24.2 Å². The average Bonchev–Trinajstić information content (AvgIpc) is 2.66. The van der Waals surface area contributed by atoms with Crippen LogP contribution in [0.2, 0.25) is 0 Å². The highest BCUT2D eigenvalue weighted by molar-refractivity contribution is 6.04. The van der Waals surface area contributed by atoms with Crippen LogP contribution in [0.3, 0.4) is 0 Å². The van der Waals surface area contributed by atoms with Crippen molar-refractivity contribution in [1.29, 1.82) is 0 Å². The third kappa shape index (κ3) is 1.78. The highest BCUT2D eigenvalue weighted by Gasteiger charge is 2.43. The van der Waals surface area contributed by atoms with Crippen molar-refractivity contribution in [3.63, 3.8) is 0 Å². The summed E-state index contributed by atoms with van der Waals surface area (Å²) in [5.41, 5.74) is 1.05. The lowest BCUT2D eigenvalue weighted by Crippen LogP contribution is -2.56. The number of fused-ring (bicyclic) bond motifs is 1. The summed E-state index contributed by atoms with van der Waals surface area (Å²) in [7, 11) is 0. The smallest absolute Gasteiger partial charge is 0.275 e. The van der Waals surface area contributed by atoms with Crippen LogP contribution in [0.5, 0.6) is 0 Å². The van der Waals surface area contributed by atoms with Crippen LogP contribution in [0, 0.1) is 5.92 Å². The largest absolute Gasteiger partial charge is 0.320 e. The predicted octanol–water partition coefficient (Wildman–Crippen LogP) is -0.516. The van der Waals surface area contributed by atoms with Gasteiger partial charge in [-0.15, -0.1) is 5.10 Å². The number of hydrogen-bond acceptors (Lipinski definition) is 5. The quantitative estimate of drug-likeness (QED) is 0.686. The number of amides is 3. The highest BCUT2D eigenvalue weighted by Crippen LogP contribution is 2.28. The molecule has 7 nitrogen and oxygen atoms in total. The topological polar surface area (TPSA) is 92.3 Å². The number of carbonyl (C=O) groups is 3. The normalized spacial score (nSPS) is 26.4. The van der Waals surface area contributed by atoms with Crippen molar-refractivity contribution < 1.29 is 14.4 Å². The fourth-order valence-corrected chi connectivity index (χ4v) is 2.65. The Morgan fingerprint density at radius 3 is 2.84 bits per heavy atom. The molecule has 0 bridgehead atoms. The fraction of sp³-hybridized carbons (Fsp3) is 0.417. The van der Waals surface area contributed by atoms with Crippen molar-refractivity contribution in [3.8, 4) is 0 Å². The van der Waals surface area contributed by atoms with Crippen LogP contribution in [0.25, 0.3) is 0 Å². The molecule has 2 unspecified atom stereocenters. The van der Waals surface area contributed by atoms with Gasteiger partial charge in [0.25, 0.3) is 5.91 Å². The molecular weight excluding hydrogens is 248 g/mol. The number of piperidine rings is 1. The van der Waals surface area contributed by atoms with Gasteiger partial charge in [0, 0.05) is 24.7 Å². The van der Waals surface area contributed by atoms with Gasteiger partial charge in [-0.25, -0.2) is 0 Å². The Balaban J connectivity index is 1.91. The summed E-state index contributed by atoms with van der Waals surface area (Å²) in [4.78, 5) is 36.9. The zero-order chi connectivity index (χ0) is 13.6. The number of hydrogen-bond donors (Lipinski definition) is 1. The van der Waals surface area contributed by atoms with E-state index in [4.69, 9.17) is 0 Å². The van der Waals surface area contributed by atoms with Crippen molar-refractivity contribution in [2.75, 3.05) is 0 Å². The van der Waals surface area contributed by atoms with Gasteiger partial charge >= 0.3 is 0 Å². The molecule has 98 valence electrons. The molecule has 3 heterocycles. The van der Waals surface area contributed by atoms with Gasteiger partial charge in [-0.1, -0.05) is 6.92 Å². The molecule has 2 atom stereocenters. The maximum atomic E-state index is 12.2. The average molecular weight is 260 g/mol. The predicted molar refractivity (Wildman–Crippen MR) is 62.6 cm³/mol. The molecule has 1 aromatic rings. The SMILES string of the molecule is CC1CC(=O)NC(=O)C1N1Cc2ccnnc2C1=O. The maximum Gasteiger partial charge on any atom is 0.275 e. The third-order valence-electron chi connectivity index (χ3n) is 3.52. The summed E-state index contributed by atoms with van der Waals surface area (Å²) < 4.78 is 0. The molecule has 0 aliphatic carbocycles. The standard InChI is InChI=1S/C12H12N4O3/c1-6-4-8(17)14-11(18)10(6)16-5-7-2-3-13-15-9(7)12(16)19/h2-3,6,10H,4-5H2,1H3,(H,14,17,18). The zero-order valence-corrected chi connectivity index (χ0v) is 10.3. The zero-order valence-electron chi connectivity index (χ0n) is 10.3. The summed E-state index contributed by atoms with van der Waals surface area (Å²) in [6.07, 6.45) is 1.76. The van der Waals surface area contributed by atoms with Gasteiger partial charge in [0.1, 0.15) is 6.04 Å². The second-order valence-corrected chi connectivity index (χ2v) is 4.88. The Hall–Kier alpha value is -2.31.